The third kappa shape index (κ3) is 3.70. The number of benzene rings is 2. The molecule has 7 heteroatoms. The first kappa shape index (κ1) is 19.4. The summed E-state index contributed by atoms with van der Waals surface area (Å²) in [7, 11) is -0.991. The highest BCUT2D eigenvalue weighted by molar-refractivity contribution is 7.83. The quantitative estimate of drug-likeness (QED) is 0.694. The van der Waals surface area contributed by atoms with Crippen molar-refractivity contribution in [2.24, 2.45) is 0 Å². The molecule has 2 heterocycles. The lowest BCUT2D eigenvalue weighted by molar-refractivity contribution is 0.102. The number of carbonyl (C=O) groups is 1. The molecule has 6 nitrogen and oxygen atoms in total. The van der Waals surface area contributed by atoms with Crippen LogP contribution in [0.5, 0.6) is 5.75 Å². The molecule has 3 aromatic rings. The SMILES string of the molecule is CCOc1ccccc1C(=O)Nc1c2c(nn1-c1ccc(C)cc1C)C[S@](=O)C2. The zero-order chi connectivity index (χ0) is 20.5. The van der Waals surface area contributed by atoms with Crippen LogP contribution in [0, 0.1) is 13.8 Å². The van der Waals surface area contributed by atoms with Crippen LogP contribution in [-0.4, -0.2) is 26.5 Å². The number of anilines is 1. The van der Waals surface area contributed by atoms with Gasteiger partial charge < -0.3 is 10.1 Å². The lowest BCUT2D eigenvalue weighted by Gasteiger charge is -2.15. The molecular formula is C22H23N3O3S. The molecule has 1 aliphatic heterocycles. The maximum atomic E-state index is 13.1. The fourth-order valence-corrected chi connectivity index (χ4v) is 4.85. The zero-order valence-corrected chi connectivity index (χ0v) is 17.5. The number of hydrogen-bond acceptors (Lipinski definition) is 4. The molecular weight excluding hydrogens is 386 g/mol. The predicted molar refractivity (Wildman–Crippen MR) is 114 cm³/mol. The van der Waals surface area contributed by atoms with Crippen LogP contribution in [-0.2, 0) is 22.3 Å². The Labute approximate surface area is 172 Å². The summed E-state index contributed by atoms with van der Waals surface area (Å²) in [5.74, 6) is 1.63. The standard InChI is InChI=1S/C22H23N3O3S/c1-4-28-20-8-6-5-7-16(20)22(26)23-21-17-12-29(27)13-18(17)24-25(21)19-10-9-14(2)11-15(19)3/h5-11H,4,12-13H2,1-3H3,(H,23,26)/t29-/m1/s1. The number of nitrogens with one attached hydrogen (secondary N) is 1. The molecule has 2 aromatic carbocycles. The topological polar surface area (TPSA) is 73.2 Å². The number of hydrogen-bond donors (Lipinski definition) is 1. The van der Waals surface area contributed by atoms with Crippen molar-refractivity contribution in [3.63, 3.8) is 0 Å². The molecule has 1 aliphatic rings. The first-order chi connectivity index (χ1) is 14.0. The van der Waals surface area contributed by atoms with Gasteiger partial charge in [-0.1, -0.05) is 29.8 Å². The molecule has 0 unspecified atom stereocenters. The van der Waals surface area contributed by atoms with E-state index in [1.165, 1.54) is 0 Å². The molecule has 0 saturated carbocycles. The highest BCUT2D eigenvalue weighted by atomic mass is 32.2. The predicted octanol–water partition coefficient (Wildman–Crippen LogP) is 3.90. The summed E-state index contributed by atoms with van der Waals surface area (Å²) in [6.07, 6.45) is 0. The van der Waals surface area contributed by atoms with E-state index in [4.69, 9.17) is 4.74 Å². The molecule has 29 heavy (non-hydrogen) atoms. The molecule has 0 fully saturated rings. The van der Waals surface area contributed by atoms with Crippen molar-refractivity contribution in [1.29, 1.82) is 0 Å². The van der Waals surface area contributed by atoms with E-state index in [-0.39, 0.29) is 5.91 Å². The Morgan fingerprint density at radius 1 is 1.21 bits per heavy atom. The van der Waals surface area contributed by atoms with Gasteiger partial charge in [-0.3, -0.25) is 9.00 Å². The van der Waals surface area contributed by atoms with Crippen molar-refractivity contribution in [2.75, 3.05) is 11.9 Å². The number of nitrogens with zero attached hydrogens (tertiary/aromatic N) is 2. The number of rotatable bonds is 5. The Balaban J connectivity index is 1.77. The first-order valence-corrected chi connectivity index (χ1v) is 11.0. The van der Waals surface area contributed by atoms with Crippen LogP contribution in [0.25, 0.3) is 5.69 Å². The van der Waals surface area contributed by atoms with Crippen molar-refractivity contribution >= 4 is 22.5 Å². The minimum absolute atomic E-state index is 0.277. The van der Waals surface area contributed by atoms with Gasteiger partial charge in [0.2, 0.25) is 0 Å². The number of para-hydroxylation sites is 1. The van der Waals surface area contributed by atoms with Crippen LogP contribution in [0.1, 0.15) is 39.7 Å². The van der Waals surface area contributed by atoms with Crippen molar-refractivity contribution < 1.29 is 13.7 Å². The average molecular weight is 410 g/mol. The Kier molecular flexibility index (Phi) is 5.24. The second-order valence-corrected chi connectivity index (χ2v) is 8.54. The molecule has 0 aliphatic carbocycles. The largest absolute Gasteiger partial charge is 0.493 e. The Morgan fingerprint density at radius 2 is 2.00 bits per heavy atom. The molecule has 0 saturated heterocycles. The van der Waals surface area contributed by atoms with Gasteiger partial charge in [0.05, 0.1) is 35.1 Å². The van der Waals surface area contributed by atoms with Gasteiger partial charge in [-0.25, -0.2) is 4.68 Å². The van der Waals surface area contributed by atoms with Crippen molar-refractivity contribution in [1.82, 2.24) is 9.78 Å². The van der Waals surface area contributed by atoms with Crippen molar-refractivity contribution in [3.05, 3.63) is 70.4 Å². The van der Waals surface area contributed by atoms with E-state index < -0.39 is 10.8 Å². The Hall–Kier alpha value is -2.93. The van der Waals surface area contributed by atoms with E-state index in [9.17, 15) is 9.00 Å². The summed E-state index contributed by atoms with van der Waals surface area (Å²) in [6.45, 7) is 6.41. The van der Waals surface area contributed by atoms with Gasteiger partial charge in [0.25, 0.3) is 5.91 Å². The second kappa shape index (κ2) is 7.83. The fourth-order valence-electron chi connectivity index (χ4n) is 3.58. The van der Waals surface area contributed by atoms with Crippen molar-refractivity contribution in [2.45, 2.75) is 32.3 Å². The van der Waals surface area contributed by atoms with Gasteiger partial charge in [-0.2, -0.15) is 5.10 Å². The number of fused-ring (bicyclic) bond motifs is 1. The highest BCUT2D eigenvalue weighted by Crippen LogP contribution is 2.33. The van der Waals surface area contributed by atoms with E-state index in [0.717, 1.165) is 28.1 Å². The highest BCUT2D eigenvalue weighted by Gasteiger charge is 2.29. The number of amides is 1. The minimum Gasteiger partial charge on any atom is -0.493 e. The average Bonchev–Trinajstić information content (AvgIpc) is 3.19. The Morgan fingerprint density at radius 3 is 2.76 bits per heavy atom. The smallest absolute Gasteiger partial charge is 0.260 e. The van der Waals surface area contributed by atoms with E-state index in [2.05, 4.69) is 16.5 Å². The molecule has 150 valence electrons. The lowest BCUT2D eigenvalue weighted by Crippen LogP contribution is -2.18. The monoisotopic (exact) mass is 409 g/mol. The molecule has 1 N–H and O–H groups in total. The molecule has 1 aromatic heterocycles. The number of carbonyl (C=O) groups excluding carboxylic acids is 1. The molecule has 4 rings (SSSR count). The summed E-state index contributed by atoms with van der Waals surface area (Å²) in [5, 5.41) is 7.70. The summed E-state index contributed by atoms with van der Waals surface area (Å²) in [4.78, 5) is 13.1. The van der Waals surface area contributed by atoms with Crippen LogP contribution >= 0.6 is 0 Å². The maximum absolute atomic E-state index is 13.1. The lowest BCUT2D eigenvalue weighted by atomic mass is 10.1. The minimum atomic E-state index is -0.991. The van der Waals surface area contributed by atoms with Gasteiger partial charge in [0.1, 0.15) is 11.6 Å². The van der Waals surface area contributed by atoms with E-state index in [1.54, 1.807) is 22.9 Å². The fraction of sp³-hybridized carbons (Fsp3) is 0.273. The zero-order valence-electron chi connectivity index (χ0n) is 16.7. The second-order valence-electron chi connectivity index (χ2n) is 7.09. The summed E-state index contributed by atoms with van der Waals surface area (Å²) >= 11 is 0. The van der Waals surface area contributed by atoms with Crippen molar-refractivity contribution in [3.8, 4) is 11.4 Å². The number of aromatic nitrogens is 2. The molecule has 0 bridgehead atoms. The third-order valence-electron chi connectivity index (χ3n) is 4.91. The third-order valence-corrected chi connectivity index (χ3v) is 6.12. The first-order valence-electron chi connectivity index (χ1n) is 9.54. The van der Waals surface area contributed by atoms with Crippen LogP contribution in [0.15, 0.2) is 42.5 Å². The Bertz CT molecular complexity index is 1120. The maximum Gasteiger partial charge on any atom is 0.260 e. The van der Waals surface area contributed by atoms with E-state index in [1.807, 2.05) is 39.0 Å². The molecule has 1 amide bonds. The van der Waals surface area contributed by atoms with Gasteiger partial charge >= 0.3 is 0 Å². The summed E-state index contributed by atoms with van der Waals surface area (Å²) in [6, 6.07) is 13.2. The normalized spacial score (nSPS) is 15.2. The summed E-state index contributed by atoms with van der Waals surface area (Å²) < 4.78 is 19.5. The van der Waals surface area contributed by atoms with Crippen LogP contribution in [0.2, 0.25) is 0 Å². The summed E-state index contributed by atoms with van der Waals surface area (Å²) in [5.41, 5.74) is 5.17. The van der Waals surface area contributed by atoms with Crippen LogP contribution in [0.4, 0.5) is 5.82 Å². The van der Waals surface area contributed by atoms with E-state index in [0.29, 0.717) is 35.2 Å². The van der Waals surface area contributed by atoms with Gasteiger partial charge in [-0.05, 0) is 44.5 Å². The van der Waals surface area contributed by atoms with Crippen LogP contribution in [0.3, 0.4) is 0 Å². The number of aryl methyl sites for hydroxylation is 2. The molecule has 1 atom stereocenters. The van der Waals surface area contributed by atoms with Gasteiger partial charge in [0.15, 0.2) is 0 Å². The van der Waals surface area contributed by atoms with Crippen LogP contribution < -0.4 is 10.1 Å². The van der Waals surface area contributed by atoms with Gasteiger partial charge in [0, 0.05) is 16.4 Å². The molecule has 0 radical (unpaired) electrons. The van der Waals surface area contributed by atoms with Gasteiger partial charge in [-0.15, -0.1) is 0 Å². The molecule has 0 spiro atoms. The van der Waals surface area contributed by atoms with E-state index >= 15 is 0 Å². The number of ether oxygens (including phenoxy) is 1.